The molecule has 4 aliphatic rings. The van der Waals surface area contributed by atoms with Gasteiger partial charge in [0.1, 0.15) is 6.04 Å². The van der Waals surface area contributed by atoms with Crippen molar-refractivity contribution in [3.8, 4) is 22.4 Å². The molecule has 2 bridgehead atoms. The number of fused-ring (bicyclic) bond motifs is 2. The molecule has 242 valence electrons. The Hall–Kier alpha value is -4.57. The maximum absolute atomic E-state index is 15.0. The van der Waals surface area contributed by atoms with Crippen molar-refractivity contribution in [2.24, 2.45) is 13.0 Å². The fraction of sp³-hybridized carbons (Fsp3) is 0.405. The number of rotatable bonds is 10. The van der Waals surface area contributed by atoms with Crippen LogP contribution < -0.4 is 15.5 Å². The summed E-state index contributed by atoms with van der Waals surface area (Å²) < 4.78 is 22.6. The summed E-state index contributed by atoms with van der Waals surface area (Å²) in [4.78, 5) is 34.2. The van der Waals surface area contributed by atoms with E-state index in [1.165, 1.54) is 0 Å². The summed E-state index contributed by atoms with van der Waals surface area (Å²) in [6, 6.07) is 17.3. The molecule has 2 aliphatic carbocycles. The Bertz CT molecular complexity index is 1810. The minimum absolute atomic E-state index is 0.180. The molecule has 2 aromatic carbocycles. The number of morpholine rings is 1. The van der Waals surface area contributed by atoms with Gasteiger partial charge in [0.15, 0.2) is 5.67 Å². The quantitative estimate of drug-likeness (QED) is 0.237. The summed E-state index contributed by atoms with van der Waals surface area (Å²) in [5.74, 6) is -1.19. The molecular weight excluding hydrogens is 595 g/mol. The van der Waals surface area contributed by atoms with Gasteiger partial charge in [-0.2, -0.15) is 5.10 Å². The van der Waals surface area contributed by atoms with E-state index in [-0.39, 0.29) is 36.7 Å². The summed E-state index contributed by atoms with van der Waals surface area (Å²) in [5, 5.41) is 10.2. The summed E-state index contributed by atoms with van der Waals surface area (Å²) in [6.45, 7) is 3.63. The number of hydrogen-bond acceptors (Lipinski definition) is 6. The predicted octanol–water partition coefficient (Wildman–Crippen LogP) is 5.55. The first-order valence-corrected chi connectivity index (χ1v) is 16.6. The first-order valence-electron chi connectivity index (χ1n) is 16.6. The SMILES string of the molecule is Cc1cnn(C)c1-c1ccc(NC(=O)C(NC(=O)C2(F)CC2)C(c2cccc(-c3cncc(N4C[C@@H]5C[C@H]4CO5)c3)c2)C2CC2)cc1. The van der Waals surface area contributed by atoms with Gasteiger partial charge in [-0.3, -0.25) is 19.3 Å². The van der Waals surface area contributed by atoms with Crippen molar-refractivity contribution < 1.29 is 18.7 Å². The zero-order chi connectivity index (χ0) is 32.3. The Labute approximate surface area is 273 Å². The Morgan fingerprint density at radius 1 is 1.02 bits per heavy atom. The molecule has 9 nitrogen and oxygen atoms in total. The summed E-state index contributed by atoms with van der Waals surface area (Å²) in [5.41, 5.74) is 5.73. The van der Waals surface area contributed by atoms with Gasteiger partial charge < -0.3 is 20.3 Å². The van der Waals surface area contributed by atoms with Gasteiger partial charge in [0.05, 0.1) is 42.5 Å². The third-order valence-corrected chi connectivity index (χ3v) is 10.3. The fourth-order valence-electron chi connectivity index (χ4n) is 7.40. The number of aromatic nitrogens is 3. The molecule has 4 atom stereocenters. The molecule has 47 heavy (non-hydrogen) atoms. The number of benzene rings is 2. The van der Waals surface area contributed by atoms with Crippen molar-refractivity contribution in [2.45, 2.75) is 68.8 Å². The number of hydrogen-bond donors (Lipinski definition) is 2. The first-order chi connectivity index (χ1) is 22.8. The molecule has 0 spiro atoms. The monoisotopic (exact) mass is 634 g/mol. The molecule has 2 saturated carbocycles. The Morgan fingerprint density at radius 2 is 1.83 bits per heavy atom. The van der Waals surface area contributed by atoms with Gasteiger partial charge in [0.25, 0.3) is 5.91 Å². The Kier molecular flexibility index (Phi) is 7.35. The van der Waals surface area contributed by atoms with Crippen molar-refractivity contribution in [1.29, 1.82) is 0 Å². The van der Waals surface area contributed by atoms with Crippen LogP contribution in [0.5, 0.6) is 0 Å². The number of nitrogens with zero attached hydrogens (tertiary/aromatic N) is 4. The van der Waals surface area contributed by atoms with E-state index in [0.717, 1.165) is 71.6 Å². The number of carbonyl (C=O) groups is 2. The summed E-state index contributed by atoms with van der Waals surface area (Å²) in [7, 11) is 1.90. The zero-order valence-electron chi connectivity index (χ0n) is 26.7. The van der Waals surface area contributed by atoms with Gasteiger partial charge in [0.2, 0.25) is 5.91 Å². The van der Waals surface area contributed by atoms with E-state index in [1.54, 1.807) is 0 Å². The molecule has 2 aromatic heterocycles. The lowest BCUT2D eigenvalue weighted by Crippen LogP contribution is -2.51. The smallest absolute Gasteiger partial charge is 0.258 e. The maximum atomic E-state index is 15.0. The van der Waals surface area contributed by atoms with Crippen LogP contribution in [0.4, 0.5) is 15.8 Å². The van der Waals surface area contributed by atoms with Crippen molar-refractivity contribution >= 4 is 23.2 Å². The van der Waals surface area contributed by atoms with Gasteiger partial charge in [-0.1, -0.05) is 36.4 Å². The van der Waals surface area contributed by atoms with E-state index in [0.29, 0.717) is 11.7 Å². The van der Waals surface area contributed by atoms with Crippen molar-refractivity contribution in [1.82, 2.24) is 20.1 Å². The highest BCUT2D eigenvalue weighted by molar-refractivity contribution is 6.00. The number of anilines is 2. The zero-order valence-corrected chi connectivity index (χ0v) is 26.7. The normalized spacial score (nSPS) is 22.1. The standard InChI is InChI=1S/C37H39FN6O3/c1-22-17-40-43(2)34(22)24-8-10-28(11-9-24)41-35(45)33(42-36(46)37(38)12-13-37)32(23-6-7-23)26-5-3-4-25(14-26)27-15-29(19-39-18-27)44-20-31-16-30(44)21-47-31/h3-5,8-11,14-15,17-19,23,30-33H,6-7,12-13,16,20-21H2,1-2H3,(H,41,45)(H,42,46)/t30-,31-,32?,33?/m0/s1. The van der Waals surface area contributed by atoms with Crippen LogP contribution in [0.2, 0.25) is 0 Å². The topological polar surface area (TPSA) is 101 Å². The highest BCUT2D eigenvalue weighted by Gasteiger charge is 2.53. The number of ether oxygens (including phenoxy) is 1. The van der Waals surface area contributed by atoms with Gasteiger partial charge in [0, 0.05) is 42.5 Å². The molecule has 2 saturated heterocycles. The Balaban J connectivity index is 1.08. The largest absolute Gasteiger partial charge is 0.374 e. The molecule has 2 aliphatic heterocycles. The van der Waals surface area contributed by atoms with Crippen LogP contribution in [0.25, 0.3) is 22.4 Å². The fourth-order valence-corrected chi connectivity index (χ4v) is 7.40. The summed E-state index contributed by atoms with van der Waals surface area (Å²) in [6.07, 6.45) is 9.16. The third kappa shape index (κ3) is 5.79. The van der Waals surface area contributed by atoms with Crippen LogP contribution in [0.15, 0.2) is 73.2 Å². The van der Waals surface area contributed by atoms with Crippen molar-refractivity contribution in [2.75, 3.05) is 23.4 Å². The van der Waals surface area contributed by atoms with E-state index in [1.807, 2.05) is 79.7 Å². The molecule has 10 heteroatoms. The molecule has 4 heterocycles. The molecule has 4 fully saturated rings. The van der Waals surface area contributed by atoms with E-state index < -0.39 is 17.6 Å². The lowest BCUT2D eigenvalue weighted by molar-refractivity contribution is -0.131. The van der Waals surface area contributed by atoms with Crippen molar-refractivity contribution in [3.63, 3.8) is 0 Å². The molecule has 4 aromatic rings. The van der Waals surface area contributed by atoms with Crippen LogP contribution in [-0.4, -0.2) is 63.6 Å². The van der Waals surface area contributed by atoms with E-state index in [9.17, 15) is 9.59 Å². The highest BCUT2D eigenvalue weighted by Crippen LogP contribution is 2.47. The second-order valence-electron chi connectivity index (χ2n) is 13.7. The lowest BCUT2D eigenvalue weighted by Gasteiger charge is -2.29. The maximum Gasteiger partial charge on any atom is 0.258 e. The highest BCUT2D eigenvalue weighted by atomic mass is 19.1. The Morgan fingerprint density at radius 3 is 2.49 bits per heavy atom. The van der Waals surface area contributed by atoms with Crippen LogP contribution >= 0.6 is 0 Å². The number of pyridine rings is 1. The number of alkyl halides is 1. The number of aryl methyl sites for hydroxylation is 2. The second-order valence-corrected chi connectivity index (χ2v) is 13.7. The number of halogens is 1. The number of nitrogens with one attached hydrogen (secondary N) is 2. The van der Waals surface area contributed by atoms with Crippen LogP contribution in [0, 0.1) is 12.8 Å². The molecule has 8 rings (SSSR count). The first kappa shape index (κ1) is 29.8. The van der Waals surface area contributed by atoms with Gasteiger partial charge >= 0.3 is 0 Å². The minimum Gasteiger partial charge on any atom is -0.374 e. The van der Waals surface area contributed by atoms with Gasteiger partial charge in [-0.05, 0) is 79.8 Å². The minimum atomic E-state index is -1.90. The van der Waals surface area contributed by atoms with Gasteiger partial charge in [-0.15, -0.1) is 0 Å². The van der Waals surface area contributed by atoms with Crippen LogP contribution in [0.3, 0.4) is 0 Å². The molecular formula is C37H39FN6O3. The van der Waals surface area contributed by atoms with Crippen LogP contribution in [-0.2, 0) is 21.4 Å². The molecule has 0 radical (unpaired) electrons. The van der Waals surface area contributed by atoms with Crippen LogP contribution in [0.1, 0.15) is 49.1 Å². The predicted molar refractivity (Wildman–Crippen MR) is 178 cm³/mol. The average Bonchev–Trinajstić information content (AvgIpc) is 3.94. The third-order valence-electron chi connectivity index (χ3n) is 10.3. The number of amides is 2. The second kappa shape index (κ2) is 11.6. The van der Waals surface area contributed by atoms with E-state index in [4.69, 9.17) is 4.74 Å². The van der Waals surface area contributed by atoms with E-state index >= 15 is 4.39 Å². The summed E-state index contributed by atoms with van der Waals surface area (Å²) >= 11 is 0. The van der Waals surface area contributed by atoms with E-state index in [2.05, 4.69) is 37.7 Å². The average molecular weight is 635 g/mol. The number of carbonyl (C=O) groups excluding carboxylic acids is 2. The molecule has 2 amide bonds. The van der Waals surface area contributed by atoms with Gasteiger partial charge in [-0.25, -0.2) is 4.39 Å². The molecule has 2 N–H and O–H groups in total. The van der Waals surface area contributed by atoms with Crippen molar-refractivity contribution in [3.05, 3.63) is 84.3 Å². The lowest BCUT2D eigenvalue weighted by atomic mass is 9.85. The molecule has 2 unspecified atom stereocenters.